The number of halogens is 1. The molecule has 0 aliphatic heterocycles. The fourth-order valence-electron chi connectivity index (χ4n) is 1.68. The fraction of sp³-hybridized carbons (Fsp3) is 0.500. The highest BCUT2D eigenvalue weighted by Crippen LogP contribution is 2.17. The highest BCUT2D eigenvalue weighted by Gasteiger charge is 2.29. The summed E-state index contributed by atoms with van der Waals surface area (Å²) in [6, 6.07) is 9.46. The first-order valence-corrected chi connectivity index (χ1v) is 6.21. The van der Waals surface area contributed by atoms with Gasteiger partial charge in [0, 0.05) is 6.54 Å². The second kappa shape index (κ2) is 8.11. The molecule has 0 aliphatic rings. The normalized spacial score (nSPS) is 13.3. The Bertz CT molecular complexity index is 352. The van der Waals surface area contributed by atoms with Gasteiger partial charge in [-0.1, -0.05) is 50.1 Å². The predicted molar refractivity (Wildman–Crippen MR) is 77.8 cm³/mol. The molecule has 4 heteroatoms. The molecule has 3 nitrogen and oxygen atoms in total. The van der Waals surface area contributed by atoms with Crippen molar-refractivity contribution in [1.29, 1.82) is 0 Å². The van der Waals surface area contributed by atoms with E-state index < -0.39 is 5.54 Å². The summed E-state index contributed by atoms with van der Waals surface area (Å²) in [5.74, 6) is -0.111. The standard InChI is InChI=1S/C14H22N2O.ClH/c1-3-4-8-11-16-13(17)14(2,15)12-9-6-5-7-10-12;/h5-7,9-10H,3-4,8,11,15H2,1-2H3,(H,16,17);1H. The highest BCUT2D eigenvalue weighted by molar-refractivity contribution is 5.86. The first kappa shape index (κ1) is 16.9. The van der Waals surface area contributed by atoms with E-state index in [0.29, 0.717) is 6.54 Å². The Morgan fingerprint density at radius 2 is 1.89 bits per heavy atom. The summed E-state index contributed by atoms with van der Waals surface area (Å²) in [4.78, 5) is 12.0. The maximum Gasteiger partial charge on any atom is 0.244 e. The molecule has 0 saturated heterocycles. The van der Waals surface area contributed by atoms with Gasteiger partial charge in [-0.05, 0) is 18.9 Å². The molecule has 1 amide bonds. The molecule has 0 fully saturated rings. The van der Waals surface area contributed by atoms with E-state index in [0.717, 1.165) is 24.8 Å². The molecule has 0 aromatic heterocycles. The summed E-state index contributed by atoms with van der Waals surface area (Å²) >= 11 is 0. The monoisotopic (exact) mass is 270 g/mol. The van der Waals surface area contributed by atoms with Gasteiger partial charge in [-0.25, -0.2) is 0 Å². The zero-order valence-corrected chi connectivity index (χ0v) is 11.9. The number of nitrogens with one attached hydrogen (secondary N) is 1. The number of unbranched alkanes of at least 4 members (excludes halogenated alkanes) is 2. The molecule has 0 aliphatic carbocycles. The van der Waals surface area contributed by atoms with E-state index in [4.69, 9.17) is 5.73 Å². The van der Waals surface area contributed by atoms with Crippen molar-refractivity contribution in [3.05, 3.63) is 35.9 Å². The van der Waals surface area contributed by atoms with Crippen molar-refractivity contribution >= 4 is 18.3 Å². The minimum Gasteiger partial charge on any atom is -0.354 e. The van der Waals surface area contributed by atoms with Crippen molar-refractivity contribution in [2.24, 2.45) is 5.73 Å². The average molecular weight is 271 g/mol. The van der Waals surface area contributed by atoms with Crippen molar-refractivity contribution in [3.8, 4) is 0 Å². The summed E-state index contributed by atoms with van der Waals surface area (Å²) < 4.78 is 0. The van der Waals surface area contributed by atoms with Crippen molar-refractivity contribution in [1.82, 2.24) is 5.32 Å². The van der Waals surface area contributed by atoms with Gasteiger partial charge in [0.05, 0.1) is 0 Å². The molecule has 0 heterocycles. The van der Waals surface area contributed by atoms with Crippen molar-refractivity contribution in [3.63, 3.8) is 0 Å². The lowest BCUT2D eigenvalue weighted by Gasteiger charge is -2.24. The SMILES string of the molecule is CCCCCNC(=O)C(C)(N)c1ccccc1.Cl. The maximum atomic E-state index is 12.0. The number of hydrogen-bond acceptors (Lipinski definition) is 2. The Morgan fingerprint density at radius 3 is 2.44 bits per heavy atom. The predicted octanol–water partition coefficient (Wildman–Crippen LogP) is 2.59. The van der Waals surface area contributed by atoms with Crippen LogP contribution in [-0.2, 0) is 10.3 Å². The number of amides is 1. The van der Waals surface area contributed by atoms with Crippen LogP contribution < -0.4 is 11.1 Å². The molecule has 3 N–H and O–H groups in total. The molecular formula is C14H23ClN2O. The van der Waals surface area contributed by atoms with E-state index in [1.807, 2.05) is 30.3 Å². The largest absolute Gasteiger partial charge is 0.354 e. The van der Waals surface area contributed by atoms with Crippen LogP contribution >= 0.6 is 12.4 Å². The molecule has 1 unspecified atom stereocenters. The Kier molecular flexibility index (Phi) is 7.64. The third kappa shape index (κ3) is 4.67. The minimum atomic E-state index is -0.951. The smallest absolute Gasteiger partial charge is 0.244 e. The summed E-state index contributed by atoms with van der Waals surface area (Å²) in [7, 11) is 0. The molecule has 102 valence electrons. The Hall–Kier alpha value is -1.06. The van der Waals surface area contributed by atoms with Gasteiger partial charge in [-0.2, -0.15) is 0 Å². The fourth-order valence-corrected chi connectivity index (χ4v) is 1.68. The van der Waals surface area contributed by atoms with Crippen LogP contribution in [0.5, 0.6) is 0 Å². The second-order valence-corrected chi connectivity index (χ2v) is 4.53. The first-order valence-electron chi connectivity index (χ1n) is 6.21. The van der Waals surface area contributed by atoms with Gasteiger partial charge in [0.1, 0.15) is 5.54 Å². The first-order chi connectivity index (χ1) is 8.09. The maximum absolute atomic E-state index is 12.0. The van der Waals surface area contributed by atoms with Crippen LogP contribution in [-0.4, -0.2) is 12.5 Å². The molecule has 1 aromatic rings. The Balaban J connectivity index is 0.00000289. The molecule has 0 saturated carbocycles. The van der Waals surface area contributed by atoms with E-state index in [-0.39, 0.29) is 18.3 Å². The van der Waals surface area contributed by atoms with Crippen LogP contribution in [0.3, 0.4) is 0 Å². The molecule has 1 rings (SSSR count). The van der Waals surface area contributed by atoms with Gasteiger partial charge in [-0.15, -0.1) is 12.4 Å². The van der Waals surface area contributed by atoms with Gasteiger partial charge in [-0.3, -0.25) is 4.79 Å². The van der Waals surface area contributed by atoms with Gasteiger partial charge in [0.15, 0.2) is 0 Å². The molecule has 0 spiro atoms. The summed E-state index contributed by atoms with van der Waals surface area (Å²) in [5, 5.41) is 2.89. The molecule has 0 radical (unpaired) electrons. The van der Waals surface area contributed by atoms with Gasteiger partial charge >= 0.3 is 0 Å². The van der Waals surface area contributed by atoms with Gasteiger partial charge in [0.2, 0.25) is 5.91 Å². The van der Waals surface area contributed by atoms with Crippen molar-refractivity contribution in [2.45, 2.75) is 38.6 Å². The lowest BCUT2D eigenvalue weighted by atomic mass is 9.92. The summed E-state index contributed by atoms with van der Waals surface area (Å²) in [5.41, 5.74) is 5.97. The van der Waals surface area contributed by atoms with Crippen LogP contribution in [0.2, 0.25) is 0 Å². The van der Waals surface area contributed by atoms with E-state index in [9.17, 15) is 4.79 Å². The van der Waals surface area contributed by atoms with E-state index in [1.54, 1.807) is 6.92 Å². The number of carbonyl (C=O) groups is 1. The van der Waals surface area contributed by atoms with Crippen LogP contribution in [0.1, 0.15) is 38.7 Å². The summed E-state index contributed by atoms with van der Waals surface area (Å²) in [6.45, 7) is 4.59. The Labute approximate surface area is 116 Å². The van der Waals surface area contributed by atoms with Crippen LogP contribution in [0.15, 0.2) is 30.3 Å². The minimum absolute atomic E-state index is 0. The molecule has 1 atom stereocenters. The third-order valence-corrected chi connectivity index (χ3v) is 2.91. The molecule has 1 aromatic carbocycles. The highest BCUT2D eigenvalue weighted by atomic mass is 35.5. The zero-order chi connectivity index (χ0) is 12.7. The van der Waals surface area contributed by atoms with E-state index in [2.05, 4.69) is 12.2 Å². The van der Waals surface area contributed by atoms with Gasteiger partial charge in [0.25, 0.3) is 0 Å². The van der Waals surface area contributed by atoms with E-state index in [1.165, 1.54) is 0 Å². The lowest BCUT2D eigenvalue weighted by Crippen LogP contribution is -2.49. The number of carbonyl (C=O) groups excluding carboxylic acids is 1. The Morgan fingerprint density at radius 1 is 1.28 bits per heavy atom. The zero-order valence-electron chi connectivity index (χ0n) is 11.1. The van der Waals surface area contributed by atoms with Crippen LogP contribution in [0.4, 0.5) is 0 Å². The van der Waals surface area contributed by atoms with Crippen molar-refractivity contribution < 1.29 is 4.79 Å². The van der Waals surface area contributed by atoms with Crippen LogP contribution in [0, 0.1) is 0 Å². The summed E-state index contributed by atoms with van der Waals surface area (Å²) in [6.07, 6.45) is 3.29. The molecule has 18 heavy (non-hydrogen) atoms. The molecular weight excluding hydrogens is 248 g/mol. The number of benzene rings is 1. The lowest BCUT2D eigenvalue weighted by molar-refractivity contribution is -0.126. The number of hydrogen-bond donors (Lipinski definition) is 2. The quantitative estimate of drug-likeness (QED) is 0.781. The van der Waals surface area contributed by atoms with Crippen LogP contribution in [0.25, 0.3) is 0 Å². The number of nitrogens with two attached hydrogens (primary N) is 1. The molecule has 0 bridgehead atoms. The number of rotatable bonds is 6. The topological polar surface area (TPSA) is 55.1 Å². The van der Waals surface area contributed by atoms with E-state index >= 15 is 0 Å². The second-order valence-electron chi connectivity index (χ2n) is 4.53. The average Bonchev–Trinajstić information content (AvgIpc) is 2.35. The van der Waals surface area contributed by atoms with Crippen molar-refractivity contribution in [2.75, 3.05) is 6.54 Å². The van der Waals surface area contributed by atoms with Gasteiger partial charge < -0.3 is 11.1 Å². The third-order valence-electron chi connectivity index (χ3n) is 2.91.